The molecule has 1 aromatic heterocycles. The van der Waals surface area contributed by atoms with E-state index in [2.05, 4.69) is 0 Å². The number of ether oxygens (including phenoxy) is 1. The maximum absolute atomic E-state index is 12.6. The van der Waals surface area contributed by atoms with Crippen molar-refractivity contribution in [3.8, 4) is 0 Å². The minimum Gasteiger partial charge on any atom is -0.465 e. The van der Waals surface area contributed by atoms with E-state index >= 15 is 0 Å². The average Bonchev–Trinajstić information content (AvgIpc) is 3.09. The fraction of sp³-hybridized carbons (Fsp3) is 0.263. The third kappa shape index (κ3) is 3.27. The Labute approximate surface area is 139 Å². The first kappa shape index (κ1) is 15.7. The molecule has 1 heterocycles. The van der Waals surface area contributed by atoms with Crippen LogP contribution in [0.25, 0.3) is 5.57 Å². The number of rotatable bonds is 4. The summed E-state index contributed by atoms with van der Waals surface area (Å²) in [6.45, 7) is 2.04. The number of hydrogen-bond acceptors (Lipinski definition) is 4. The number of esters is 1. The van der Waals surface area contributed by atoms with Gasteiger partial charge in [-0.15, -0.1) is 0 Å². The van der Waals surface area contributed by atoms with Crippen LogP contribution in [0.2, 0.25) is 0 Å². The number of carbonyl (C=O) groups is 2. The molecule has 0 unspecified atom stereocenters. The molecule has 1 aliphatic rings. The first-order valence-electron chi connectivity index (χ1n) is 7.69. The zero-order valence-electron chi connectivity index (χ0n) is 12.9. The summed E-state index contributed by atoms with van der Waals surface area (Å²) in [6.07, 6.45) is 2.28. The number of hydrogen-bond donors (Lipinski definition) is 0. The zero-order valence-corrected chi connectivity index (χ0v) is 13.7. The lowest BCUT2D eigenvalue weighted by molar-refractivity contribution is -0.151. The Balaban J connectivity index is 2.00. The van der Waals surface area contributed by atoms with Crippen molar-refractivity contribution in [1.29, 1.82) is 0 Å². The van der Waals surface area contributed by atoms with Gasteiger partial charge in [-0.05, 0) is 52.9 Å². The largest absolute Gasteiger partial charge is 0.465 e. The van der Waals surface area contributed by atoms with Crippen LogP contribution in [-0.2, 0) is 14.3 Å². The van der Waals surface area contributed by atoms with Crippen LogP contribution in [0, 0.1) is 5.92 Å². The van der Waals surface area contributed by atoms with Gasteiger partial charge in [0.2, 0.25) is 0 Å². The fourth-order valence-electron chi connectivity index (χ4n) is 3.04. The van der Waals surface area contributed by atoms with Gasteiger partial charge in [0, 0.05) is 5.92 Å². The molecule has 0 saturated heterocycles. The van der Waals surface area contributed by atoms with E-state index in [1.54, 1.807) is 24.3 Å². The van der Waals surface area contributed by atoms with Gasteiger partial charge in [-0.25, -0.2) is 0 Å². The number of thiophene rings is 1. The monoisotopic (exact) mass is 326 g/mol. The van der Waals surface area contributed by atoms with E-state index in [4.69, 9.17) is 4.74 Å². The van der Waals surface area contributed by atoms with Crippen molar-refractivity contribution in [2.45, 2.75) is 19.3 Å². The van der Waals surface area contributed by atoms with Gasteiger partial charge in [0.1, 0.15) is 5.92 Å². The van der Waals surface area contributed by atoms with Gasteiger partial charge in [-0.3, -0.25) is 9.59 Å². The SMILES string of the molecule is CCOC(=O)[C@@H]1C(=O)C=C(c2ccsc2)C[C@@H]1c1ccccc1. The third-order valence-electron chi connectivity index (χ3n) is 4.13. The highest BCUT2D eigenvalue weighted by Gasteiger charge is 2.39. The fourth-order valence-corrected chi connectivity index (χ4v) is 3.73. The van der Waals surface area contributed by atoms with E-state index in [-0.39, 0.29) is 18.3 Å². The van der Waals surface area contributed by atoms with Gasteiger partial charge in [0.25, 0.3) is 0 Å². The number of carbonyl (C=O) groups excluding carboxylic acids is 2. The van der Waals surface area contributed by atoms with Crippen molar-refractivity contribution in [3.63, 3.8) is 0 Å². The van der Waals surface area contributed by atoms with Crippen molar-refractivity contribution in [2.24, 2.45) is 5.92 Å². The second-order valence-corrected chi connectivity index (χ2v) is 6.32. The van der Waals surface area contributed by atoms with Crippen LogP contribution in [0.3, 0.4) is 0 Å². The smallest absolute Gasteiger partial charge is 0.317 e. The highest BCUT2D eigenvalue weighted by atomic mass is 32.1. The molecule has 0 N–H and O–H groups in total. The van der Waals surface area contributed by atoms with Gasteiger partial charge in [-0.1, -0.05) is 30.3 Å². The second-order valence-electron chi connectivity index (χ2n) is 5.53. The quantitative estimate of drug-likeness (QED) is 0.628. The van der Waals surface area contributed by atoms with E-state index in [1.807, 2.05) is 47.2 Å². The third-order valence-corrected chi connectivity index (χ3v) is 4.81. The highest BCUT2D eigenvalue weighted by molar-refractivity contribution is 7.08. The molecule has 23 heavy (non-hydrogen) atoms. The van der Waals surface area contributed by atoms with Gasteiger partial charge in [-0.2, -0.15) is 11.3 Å². The number of benzene rings is 1. The first-order valence-corrected chi connectivity index (χ1v) is 8.63. The molecule has 0 fully saturated rings. The Morgan fingerprint density at radius 3 is 2.70 bits per heavy atom. The van der Waals surface area contributed by atoms with Gasteiger partial charge >= 0.3 is 5.97 Å². The molecule has 0 amide bonds. The summed E-state index contributed by atoms with van der Waals surface area (Å²) in [5, 5.41) is 4.03. The lowest BCUT2D eigenvalue weighted by Gasteiger charge is -2.29. The molecule has 0 radical (unpaired) electrons. The summed E-state index contributed by atoms with van der Waals surface area (Å²) in [5.41, 5.74) is 3.05. The van der Waals surface area contributed by atoms with Crippen molar-refractivity contribution in [2.75, 3.05) is 6.61 Å². The first-order chi connectivity index (χ1) is 11.2. The lowest BCUT2D eigenvalue weighted by Crippen LogP contribution is -2.33. The van der Waals surface area contributed by atoms with Gasteiger partial charge < -0.3 is 4.74 Å². The van der Waals surface area contributed by atoms with E-state index < -0.39 is 11.9 Å². The highest BCUT2D eigenvalue weighted by Crippen LogP contribution is 2.40. The standard InChI is InChI=1S/C19H18O3S/c1-2-22-19(21)18-16(13-6-4-3-5-7-13)10-15(11-17(18)20)14-8-9-23-12-14/h3-9,11-12,16,18H,2,10H2,1H3/t16-,18+/m1/s1. The molecule has 0 aliphatic heterocycles. The molecule has 2 aromatic rings. The van der Waals surface area contributed by atoms with Gasteiger partial charge in [0.15, 0.2) is 5.78 Å². The molecular formula is C19H18O3S. The van der Waals surface area contributed by atoms with E-state index in [9.17, 15) is 9.59 Å². The Morgan fingerprint density at radius 1 is 1.26 bits per heavy atom. The molecule has 0 spiro atoms. The van der Waals surface area contributed by atoms with Gasteiger partial charge in [0.05, 0.1) is 6.61 Å². The summed E-state index contributed by atoms with van der Waals surface area (Å²) < 4.78 is 5.14. The van der Waals surface area contributed by atoms with E-state index in [0.29, 0.717) is 6.42 Å². The van der Waals surface area contributed by atoms with E-state index in [1.165, 1.54) is 0 Å². The predicted octanol–water partition coefficient (Wildman–Crippen LogP) is 4.07. The van der Waals surface area contributed by atoms with Crippen LogP contribution < -0.4 is 0 Å². The van der Waals surface area contributed by atoms with Crippen molar-refractivity contribution in [3.05, 3.63) is 64.4 Å². The summed E-state index contributed by atoms with van der Waals surface area (Å²) >= 11 is 1.60. The Kier molecular flexibility index (Phi) is 4.72. The molecule has 1 aliphatic carbocycles. The second kappa shape index (κ2) is 6.92. The maximum atomic E-state index is 12.6. The van der Waals surface area contributed by atoms with Crippen molar-refractivity contribution >= 4 is 28.7 Å². The van der Waals surface area contributed by atoms with Crippen molar-refractivity contribution < 1.29 is 14.3 Å². The van der Waals surface area contributed by atoms with Crippen LogP contribution in [0.4, 0.5) is 0 Å². The normalized spacial score (nSPS) is 20.9. The Bertz CT molecular complexity index is 716. The molecule has 2 atom stereocenters. The molecule has 4 heteroatoms. The molecule has 3 rings (SSSR count). The molecule has 1 aromatic carbocycles. The van der Waals surface area contributed by atoms with Crippen LogP contribution in [0.5, 0.6) is 0 Å². The van der Waals surface area contributed by atoms with Crippen molar-refractivity contribution in [1.82, 2.24) is 0 Å². The minimum atomic E-state index is -0.750. The average molecular weight is 326 g/mol. The summed E-state index contributed by atoms with van der Waals surface area (Å²) in [5.74, 6) is -1.51. The lowest BCUT2D eigenvalue weighted by atomic mass is 9.74. The van der Waals surface area contributed by atoms with Crippen LogP contribution in [0.15, 0.2) is 53.2 Å². The number of ketones is 1. The molecule has 3 nitrogen and oxygen atoms in total. The molecule has 0 saturated carbocycles. The maximum Gasteiger partial charge on any atom is 0.317 e. The predicted molar refractivity (Wildman–Crippen MR) is 91.2 cm³/mol. The Hall–Kier alpha value is -2.20. The minimum absolute atomic E-state index is 0.162. The Morgan fingerprint density at radius 2 is 2.04 bits per heavy atom. The molecule has 0 bridgehead atoms. The summed E-state index contributed by atoms with van der Waals surface area (Å²) in [4.78, 5) is 24.9. The van der Waals surface area contributed by atoms with Crippen LogP contribution in [-0.4, -0.2) is 18.4 Å². The zero-order chi connectivity index (χ0) is 16.2. The summed E-state index contributed by atoms with van der Waals surface area (Å²) in [6, 6.07) is 11.8. The topological polar surface area (TPSA) is 43.4 Å². The molecular weight excluding hydrogens is 308 g/mol. The van der Waals surface area contributed by atoms with Crippen LogP contribution >= 0.6 is 11.3 Å². The van der Waals surface area contributed by atoms with E-state index in [0.717, 1.165) is 16.7 Å². The van der Waals surface area contributed by atoms with Crippen LogP contribution in [0.1, 0.15) is 30.4 Å². The molecule has 118 valence electrons. The summed E-state index contributed by atoms with van der Waals surface area (Å²) in [7, 11) is 0. The number of allylic oxidation sites excluding steroid dienone is 2.